The summed E-state index contributed by atoms with van der Waals surface area (Å²) in [6.07, 6.45) is 1.93. The molecule has 0 aromatic carbocycles. The Morgan fingerprint density at radius 1 is 1.24 bits per heavy atom. The Morgan fingerprint density at radius 3 is 2.24 bits per heavy atom. The SMILES string of the molecule is CCC(NC(=O)C(CC)(CC)CN)C(=O)N1CCOCC1. The number of nitrogens with one attached hydrogen (secondary N) is 1. The first kappa shape index (κ1) is 17.9. The highest BCUT2D eigenvalue weighted by atomic mass is 16.5. The van der Waals surface area contributed by atoms with Crippen molar-refractivity contribution in [1.29, 1.82) is 0 Å². The van der Waals surface area contributed by atoms with Gasteiger partial charge in [0.15, 0.2) is 0 Å². The largest absolute Gasteiger partial charge is 0.378 e. The van der Waals surface area contributed by atoms with Gasteiger partial charge < -0.3 is 20.7 Å². The van der Waals surface area contributed by atoms with Crippen LogP contribution in [-0.4, -0.2) is 55.6 Å². The maximum absolute atomic E-state index is 12.5. The summed E-state index contributed by atoms with van der Waals surface area (Å²) in [5, 5.41) is 2.91. The minimum atomic E-state index is -0.571. The van der Waals surface area contributed by atoms with Crippen LogP contribution in [0, 0.1) is 5.41 Å². The fraction of sp³-hybridized carbons (Fsp3) is 0.867. The summed E-state index contributed by atoms with van der Waals surface area (Å²) >= 11 is 0. The minimum absolute atomic E-state index is 0.0210. The molecule has 0 spiro atoms. The molecule has 122 valence electrons. The molecule has 0 saturated carbocycles. The lowest BCUT2D eigenvalue weighted by molar-refractivity contribution is -0.142. The number of morpholine rings is 1. The topological polar surface area (TPSA) is 84.7 Å². The Balaban J connectivity index is 2.72. The van der Waals surface area contributed by atoms with Crippen molar-refractivity contribution in [2.75, 3.05) is 32.8 Å². The summed E-state index contributed by atoms with van der Waals surface area (Å²) in [5.41, 5.74) is 5.22. The quantitative estimate of drug-likeness (QED) is 0.717. The number of hydrogen-bond acceptors (Lipinski definition) is 4. The van der Waals surface area contributed by atoms with Crippen LogP contribution in [0.5, 0.6) is 0 Å². The summed E-state index contributed by atoms with van der Waals surface area (Å²) in [6, 6.07) is -0.473. The number of carbonyl (C=O) groups excluding carboxylic acids is 2. The number of amides is 2. The number of ether oxygens (including phenoxy) is 1. The van der Waals surface area contributed by atoms with Crippen molar-refractivity contribution in [3.05, 3.63) is 0 Å². The van der Waals surface area contributed by atoms with Gasteiger partial charge in [0.05, 0.1) is 18.6 Å². The molecule has 6 heteroatoms. The highest BCUT2D eigenvalue weighted by Crippen LogP contribution is 2.25. The Labute approximate surface area is 127 Å². The maximum atomic E-state index is 12.5. The molecular formula is C15H29N3O3. The van der Waals surface area contributed by atoms with E-state index in [0.29, 0.717) is 52.1 Å². The molecule has 0 aliphatic carbocycles. The molecule has 1 atom stereocenters. The van der Waals surface area contributed by atoms with Crippen molar-refractivity contribution in [2.45, 2.75) is 46.1 Å². The van der Waals surface area contributed by atoms with Gasteiger partial charge in [0, 0.05) is 19.6 Å². The highest BCUT2D eigenvalue weighted by molar-refractivity contribution is 5.90. The van der Waals surface area contributed by atoms with Crippen LogP contribution in [0.4, 0.5) is 0 Å². The lowest BCUT2D eigenvalue weighted by Gasteiger charge is -2.33. The van der Waals surface area contributed by atoms with E-state index in [1.165, 1.54) is 0 Å². The molecule has 1 saturated heterocycles. The van der Waals surface area contributed by atoms with E-state index < -0.39 is 11.5 Å². The van der Waals surface area contributed by atoms with Crippen molar-refractivity contribution >= 4 is 11.8 Å². The van der Waals surface area contributed by atoms with Gasteiger partial charge in [0.2, 0.25) is 11.8 Å². The van der Waals surface area contributed by atoms with Crippen LogP contribution in [0.3, 0.4) is 0 Å². The molecule has 1 aliphatic rings. The zero-order valence-electron chi connectivity index (χ0n) is 13.5. The Morgan fingerprint density at radius 2 is 1.81 bits per heavy atom. The molecule has 21 heavy (non-hydrogen) atoms. The summed E-state index contributed by atoms with van der Waals surface area (Å²) in [6.45, 7) is 8.43. The van der Waals surface area contributed by atoms with Crippen molar-refractivity contribution in [1.82, 2.24) is 10.2 Å². The standard InChI is InChI=1S/C15H29N3O3/c1-4-12(13(19)18-7-9-21-10-8-18)17-14(20)15(5-2,6-3)11-16/h12H,4-11,16H2,1-3H3,(H,17,20). The van der Waals surface area contributed by atoms with Crippen LogP contribution in [-0.2, 0) is 14.3 Å². The van der Waals surface area contributed by atoms with E-state index in [4.69, 9.17) is 10.5 Å². The first-order chi connectivity index (χ1) is 10.0. The van der Waals surface area contributed by atoms with Gasteiger partial charge in [-0.25, -0.2) is 0 Å². The lowest BCUT2D eigenvalue weighted by atomic mass is 9.81. The Kier molecular flexibility index (Phi) is 7.11. The molecule has 0 aromatic rings. The average molecular weight is 299 g/mol. The maximum Gasteiger partial charge on any atom is 0.245 e. The molecule has 1 heterocycles. The third-order valence-electron chi connectivity index (χ3n) is 4.56. The second-order valence-corrected chi connectivity index (χ2v) is 5.56. The van der Waals surface area contributed by atoms with Gasteiger partial charge in [-0.05, 0) is 19.3 Å². The van der Waals surface area contributed by atoms with Crippen molar-refractivity contribution < 1.29 is 14.3 Å². The number of nitrogens with two attached hydrogens (primary N) is 1. The first-order valence-corrected chi connectivity index (χ1v) is 7.92. The third-order valence-corrected chi connectivity index (χ3v) is 4.56. The second kappa shape index (κ2) is 8.34. The lowest BCUT2D eigenvalue weighted by Crippen LogP contribution is -2.55. The van der Waals surface area contributed by atoms with Crippen LogP contribution < -0.4 is 11.1 Å². The van der Waals surface area contributed by atoms with E-state index in [1.807, 2.05) is 20.8 Å². The predicted molar refractivity (Wildman–Crippen MR) is 81.7 cm³/mol. The van der Waals surface area contributed by atoms with E-state index in [2.05, 4.69) is 5.32 Å². The van der Waals surface area contributed by atoms with Gasteiger partial charge in [-0.3, -0.25) is 9.59 Å². The predicted octanol–water partition coefficient (Wildman–Crippen LogP) is 0.505. The summed E-state index contributed by atoms with van der Waals surface area (Å²) in [4.78, 5) is 26.8. The van der Waals surface area contributed by atoms with Crippen LogP contribution in [0.15, 0.2) is 0 Å². The second-order valence-electron chi connectivity index (χ2n) is 5.56. The Hall–Kier alpha value is -1.14. The van der Waals surface area contributed by atoms with Crippen molar-refractivity contribution in [2.24, 2.45) is 11.1 Å². The molecule has 1 fully saturated rings. The van der Waals surface area contributed by atoms with Crippen LogP contribution >= 0.6 is 0 Å². The van der Waals surface area contributed by atoms with E-state index in [-0.39, 0.29) is 11.8 Å². The van der Waals surface area contributed by atoms with E-state index in [9.17, 15) is 9.59 Å². The summed E-state index contributed by atoms with van der Waals surface area (Å²) in [7, 11) is 0. The van der Waals surface area contributed by atoms with Gasteiger partial charge in [0.1, 0.15) is 6.04 Å². The summed E-state index contributed by atoms with van der Waals surface area (Å²) < 4.78 is 5.25. The third kappa shape index (κ3) is 4.17. The normalized spacial score (nSPS) is 17.4. The van der Waals surface area contributed by atoms with E-state index in [0.717, 1.165) is 0 Å². The summed E-state index contributed by atoms with van der Waals surface area (Å²) in [5.74, 6) is -0.129. The van der Waals surface area contributed by atoms with Gasteiger partial charge in [-0.1, -0.05) is 20.8 Å². The van der Waals surface area contributed by atoms with Gasteiger partial charge in [0.25, 0.3) is 0 Å². The highest BCUT2D eigenvalue weighted by Gasteiger charge is 2.36. The van der Waals surface area contributed by atoms with Gasteiger partial charge >= 0.3 is 0 Å². The first-order valence-electron chi connectivity index (χ1n) is 7.92. The molecule has 0 bridgehead atoms. The van der Waals surface area contributed by atoms with E-state index >= 15 is 0 Å². The van der Waals surface area contributed by atoms with Crippen molar-refractivity contribution in [3.8, 4) is 0 Å². The molecule has 1 unspecified atom stereocenters. The van der Waals surface area contributed by atoms with Gasteiger partial charge in [-0.15, -0.1) is 0 Å². The molecule has 0 aromatic heterocycles. The molecule has 0 radical (unpaired) electrons. The molecule has 3 N–H and O–H groups in total. The van der Waals surface area contributed by atoms with Crippen LogP contribution in [0.1, 0.15) is 40.0 Å². The zero-order chi connectivity index (χ0) is 15.9. The van der Waals surface area contributed by atoms with E-state index in [1.54, 1.807) is 4.90 Å². The van der Waals surface area contributed by atoms with Gasteiger partial charge in [-0.2, -0.15) is 0 Å². The monoisotopic (exact) mass is 299 g/mol. The molecule has 2 amide bonds. The molecule has 1 rings (SSSR count). The number of hydrogen-bond donors (Lipinski definition) is 2. The average Bonchev–Trinajstić information content (AvgIpc) is 2.55. The van der Waals surface area contributed by atoms with Crippen LogP contribution in [0.25, 0.3) is 0 Å². The van der Waals surface area contributed by atoms with Crippen molar-refractivity contribution in [3.63, 3.8) is 0 Å². The number of rotatable bonds is 7. The molecule has 6 nitrogen and oxygen atoms in total. The fourth-order valence-electron chi connectivity index (χ4n) is 2.61. The number of nitrogens with zero attached hydrogens (tertiary/aromatic N) is 1. The van der Waals surface area contributed by atoms with Crippen LogP contribution in [0.2, 0.25) is 0 Å². The fourth-order valence-corrected chi connectivity index (χ4v) is 2.61. The zero-order valence-corrected chi connectivity index (χ0v) is 13.5. The molecule has 1 aliphatic heterocycles. The number of carbonyl (C=O) groups is 2. The Bertz CT molecular complexity index is 342. The minimum Gasteiger partial charge on any atom is -0.378 e. The smallest absolute Gasteiger partial charge is 0.245 e. The molecular weight excluding hydrogens is 270 g/mol.